The molecule has 1 amide bonds. The zero-order valence-electron chi connectivity index (χ0n) is 13.3. The fraction of sp³-hybridized carbons (Fsp3) is 0.222. The summed E-state index contributed by atoms with van der Waals surface area (Å²) in [6.07, 6.45) is 0. The molecule has 0 fully saturated rings. The molecule has 24 heavy (non-hydrogen) atoms. The highest BCUT2D eigenvalue weighted by molar-refractivity contribution is 7.21. The smallest absolute Gasteiger partial charge is 0.250 e. The number of fused-ring (bicyclic) bond motifs is 1. The van der Waals surface area contributed by atoms with Crippen molar-refractivity contribution in [2.24, 2.45) is 0 Å². The van der Waals surface area contributed by atoms with Crippen LogP contribution in [0.15, 0.2) is 48.5 Å². The summed E-state index contributed by atoms with van der Waals surface area (Å²) in [6, 6.07) is 15.7. The summed E-state index contributed by atoms with van der Waals surface area (Å²) in [5.74, 6) is -0.182. The van der Waals surface area contributed by atoms with Crippen LogP contribution in [-0.4, -0.2) is 37.8 Å². The van der Waals surface area contributed by atoms with E-state index < -0.39 is 0 Å². The third-order valence-corrected chi connectivity index (χ3v) is 4.46. The van der Waals surface area contributed by atoms with E-state index in [0.29, 0.717) is 13.2 Å². The molecule has 0 aliphatic rings. The zero-order chi connectivity index (χ0) is 16.8. The summed E-state index contributed by atoms with van der Waals surface area (Å²) >= 11 is 1.66. The van der Waals surface area contributed by atoms with Gasteiger partial charge in [0, 0.05) is 18.4 Å². The van der Waals surface area contributed by atoms with E-state index in [1.807, 2.05) is 42.5 Å². The van der Waals surface area contributed by atoms with E-state index >= 15 is 0 Å². The number of ether oxygens (including phenoxy) is 2. The Morgan fingerprint density at radius 3 is 2.67 bits per heavy atom. The van der Waals surface area contributed by atoms with Crippen molar-refractivity contribution >= 4 is 33.1 Å². The second-order valence-electron chi connectivity index (χ2n) is 5.16. The number of thiazole rings is 1. The lowest BCUT2D eigenvalue weighted by Crippen LogP contribution is -2.19. The van der Waals surface area contributed by atoms with Crippen LogP contribution >= 0.6 is 11.3 Å². The SMILES string of the molecule is COCCOCC(=O)Nc1ccc(-c2nc3ccccc3s2)cc1. The van der Waals surface area contributed by atoms with Gasteiger partial charge in [0.1, 0.15) is 11.6 Å². The molecule has 1 aromatic heterocycles. The van der Waals surface area contributed by atoms with Gasteiger partial charge in [-0.3, -0.25) is 4.79 Å². The van der Waals surface area contributed by atoms with Crippen LogP contribution in [-0.2, 0) is 14.3 Å². The Balaban J connectivity index is 1.61. The Hall–Kier alpha value is -2.28. The number of methoxy groups -OCH3 is 1. The third-order valence-electron chi connectivity index (χ3n) is 3.37. The molecule has 6 heteroatoms. The third kappa shape index (κ3) is 4.17. The second-order valence-corrected chi connectivity index (χ2v) is 6.19. The lowest BCUT2D eigenvalue weighted by atomic mass is 10.2. The predicted octanol–water partition coefficient (Wildman–Crippen LogP) is 3.56. The second kappa shape index (κ2) is 8.01. The van der Waals surface area contributed by atoms with E-state index in [1.165, 1.54) is 0 Å². The number of nitrogens with one attached hydrogen (secondary N) is 1. The topological polar surface area (TPSA) is 60.5 Å². The number of anilines is 1. The maximum atomic E-state index is 11.8. The Kier molecular flexibility index (Phi) is 5.53. The Bertz CT molecular complexity index is 782. The van der Waals surface area contributed by atoms with Gasteiger partial charge in [0.25, 0.3) is 0 Å². The van der Waals surface area contributed by atoms with Crippen LogP contribution in [0, 0.1) is 0 Å². The Morgan fingerprint density at radius 2 is 1.92 bits per heavy atom. The van der Waals surface area contributed by atoms with Gasteiger partial charge in [-0.15, -0.1) is 11.3 Å². The molecule has 1 heterocycles. The first-order chi connectivity index (χ1) is 11.8. The van der Waals surface area contributed by atoms with E-state index in [9.17, 15) is 4.79 Å². The number of carbonyl (C=O) groups excluding carboxylic acids is 1. The standard InChI is InChI=1S/C18H18N2O3S/c1-22-10-11-23-12-17(21)19-14-8-6-13(7-9-14)18-20-15-4-2-3-5-16(15)24-18/h2-9H,10-12H2,1H3,(H,19,21). The maximum Gasteiger partial charge on any atom is 0.250 e. The number of hydrogen-bond donors (Lipinski definition) is 1. The van der Waals surface area contributed by atoms with Crippen molar-refractivity contribution < 1.29 is 14.3 Å². The Labute approximate surface area is 144 Å². The minimum absolute atomic E-state index is 0.0168. The average Bonchev–Trinajstić information content (AvgIpc) is 3.03. The monoisotopic (exact) mass is 342 g/mol. The van der Waals surface area contributed by atoms with Crippen LogP contribution in [0.4, 0.5) is 5.69 Å². The molecule has 0 aliphatic heterocycles. The number of para-hydroxylation sites is 1. The molecule has 0 spiro atoms. The number of rotatable bonds is 7. The molecule has 2 aromatic carbocycles. The van der Waals surface area contributed by atoms with Gasteiger partial charge in [-0.25, -0.2) is 4.98 Å². The van der Waals surface area contributed by atoms with Gasteiger partial charge in [-0.2, -0.15) is 0 Å². The fourth-order valence-electron chi connectivity index (χ4n) is 2.20. The molecule has 0 atom stereocenters. The van der Waals surface area contributed by atoms with Gasteiger partial charge >= 0.3 is 0 Å². The normalized spacial score (nSPS) is 10.9. The van der Waals surface area contributed by atoms with Gasteiger partial charge in [-0.1, -0.05) is 12.1 Å². The zero-order valence-corrected chi connectivity index (χ0v) is 14.1. The molecule has 0 saturated carbocycles. The van der Waals surface area contributed by atoms with Gasteiger partial charge in [-0.05, 0) is 36.4 Å². The highest BCUT2D eigenvalue weighted by atomic mass is 32.1. The molecule has 1 N–H and O–H groups in total. The summed E-state index contributed by atoms with van der Waals surface area (Å²) in [6.45, 7) is 0.896. The van der Waals surface area contributed by atoms with Gasteiger partial charge in [0.2, 0.25) is 5.91 Å². The Morgan fingerprint density at radius 1 is 1.12 bits per heavy atom. The van der Waals surface area contributed by atoms with Gasteiger partial charge in [0.05, 0.1) is 23.4 Å². The maximum absolute atomic E-state index is 11.8. The first kappa shape index (κ1) is 16.6. The minimum Gasteiger partial charge on any atom is -0.382 e. The highest BCUT2D eigenvalue weighted by Gasteiger charge is 2.07. The van der Waals surface area contributed by atoms with Crippen LogP contribution in [0.2, 0.25) is 0 Å². The van der Waals surface area contributed by atoms with Gasteiger partial charge in [0.15, 0.2) is 0 Å². The number of amides is 1. The van der Waals surface area contributed by atoms with Crippen molar-refractivity contribution in [3.05, 3.63) is 48.5 Å². The summed E-state index contributed by atoms with van der Waals surface area (Å²) in [7, 11) is 1.59. The summed E-state index contributed by atoms with van der Waals surface area (Å²) in [4.78, 5) is 16.4. The molecule has 0 aliphatic carbocycles. The van der Waals surface area contributed by atoms with Crippen LogP contribution in [0.3, 0.4) is 0 Å². The van der Waals surface area contributed by atoms with E-state index in [1.54, 1.807) is 18.4 Å². The number of hydrogen-bond acceptors (Lipinski definition) is 5. The van der Waals surface area contributed by atoms with Crippen molar-refractivity contribution in [1.29, 1.82) is 0 Å². The number of nitrogens with zero attached hydrogens (tertiary/aromatic N) is 1. The summed E-state index contributed by atoms with van der Waals surface area (Å²) in [5, 5.41) is 3.77. The van der Waals surface area contributed by atoms with E-state index in [4.69, 9.17) is 9.47 Å². The molecule has 124 valence electrons. The summed E-state index contributed by atoms with van der Waals surface area (Å²) < 4.78 is 11.2. The number of aromatic nitrogens is 1. The number of benzene rings is 2. The first-order valence-electron chi connectivity index (χ1n) is 7.59. The first-order valence-corrected chi connectivity index (χ1v) is 8.40. The van der Waals surface area contributed by atoms with Crippen LogP contribution in [0.25, 0.3) is 20.8 Å². The molecule has 0 saturated heterocycles. The lowest BCUT2D eigenvalue weighted by molar-refractivity contribution is -0.121. The quantitative estimate of drug-likeness (QED) is 0.667. The van der Waals surface area contributed by atoms with Crippen LogP contribution < -0.4 is 5.32 Å². The van der Waals surface area contributed by atoms with Crippen molar-refractivity contribution in [1.82, 2.24) is 4.98 Å². The van der Waals surface area contributed by atoms with Crippen molar-refractivity contribution in [2.75, 3.05) is 32.2 Å². The van der Waals surface area contributed by atoms with E-state index in [2.05, 4.69) is 16.4 Å². The molecular formula is C18H18N2O3S. The molecular weight excluding hydrogens is 324 g/mol. The van der Waals surface area contributed by atoms with Crippen molar-refractivity contribution in [3.63, 3.8) is 0 Å². The average molecular weight is 342 g/mol. The number of carbonyl (C=O) groups is 1. The van der Waals surface area contributed by atoms with Crippen LogP contribution in [0.5, 0.6) is 0 Å². The lowest BCUT2D eigenvalue weighted by Gasteiger charge is -2.06. The summed E-state index contributed by atoms with van der Waals surface area (Å²) in [5.41, 5.74) is 2.77. The van der Waals surface area contributed by atoms with Crippen LogP contribution in [0.1, 0.15) is 0 Å². The highest BCUT2D eigenvalue weighted by Crippen LogP contribution is 2.30. The largest absolute Gasteiger partial charge is 0.382 e. The fourth-order valence-corrected chi connectivity index (χ4v) is 3.17. The van der Waals surface area contributed by atoms with E-state index in [-0.39, 0.29) is 12.5 Å². The molecule has 3 rings (SSSR count). The molecule has 0 unspecified atom stereocenters. The van der Waals surface area contributed by atoms with Crippen molar-refractivity contribution in [3.8, 4) is 10.6 Å². The predicted molar refractivity (Wildman–Crippen MR) is 96.4 cm³/mol. The molecule has 5 nitrogen and oxygen atoms in total. The molecule has 3 aromatic rings. The van der Waals surface area contributed by atoms with Gasteiger partial charge < -0.3 is 14.8 Å². The van der Waals surface area contributed by atoms with Crippen molar-refractivity contribution in [2.45, 2.75) is 0 Å². The molecule has 0 radical (unpaired) electrons. The van der Waals surface area contributed by atoms with E-state index in [0.717, 1.165) is 26.5 Å². The minimum atomic E-state index is -0.182. The molecule has 0 bridgehead atoms.